The van der Waals surface area contributed by atoms with E-state index in [1.165, 1.54) is 12.8 Å². The van der Waals surface area contributed by atoms with Crippen LogP contribution >= 0.6 is 0 Å². The summed E-state index contributed by atoms with van der Waals surface area (Å²) in [6.45, 7) is 4.16. The van der Waals surface area contributed by atoms with Gasteiger partial charge in [0, 0.05) is 24.3 Å². The first kappa shape index (κ1) is 16.2. The monoisotopic (exact) mass is 325 g/mol. The normalized spacial score (nSPS) is 13.8. The van der Waals surface area contributed by atoms with Crippen LogP contribution < -0.4 is 20.7 Å². The van der Waals surface area contributed by atoms with Crippen LogP contribution in [-0.4, -0.2) is 26.1 Å². The van der Waals surface area contributed by atoms with Gasteiger partial charge in [0.05, 0.1) is 18.5 Å². The van der Waals surface area contributed by atoms with Gasteiger partial charge in [-0.15, -0.1) is 0 Å². The second kappa shape index (κ2) is 6.83. The lowest BCUT2D eigenvalue weighted by atomic mass is 10.1. The Bertz CT molecular complexity index is 735. The van der Waals surface area contributed by atoms with Crippen molar-refractivity contribution in [1.82, 2.24) is 0 Å². The molecule has 2 aromatic rings. The number of hydrogen-bond donors (Lipinski definition) is 2. The number of methoxy groups -OCH3 is 1. The number of amides is 1. The lowest BCUT2D eigenvalue weighted by molar-refractivity contribution is 0.102. The molecule has 1 heterocycles. The summed E-state index contributed by atoms with van der Waals surface area (Å²) in [6, 6.07) is 10.9. The van der Waals surface area contributed by atoms with E-state index in [2.05, 4.69) is 17.1 Å². The predicted octanol–water partition coefficient (Wildman–Crippen LogP) is 3.44. The van der Waals surface area contributed by atoms with Crippen molar-refractivity contribution < 1.29 is 9.53 Å². The number of anilines is 3. The first-order valence-corrected chi connectivity index (χ1v) is 8.19. The second-order valence-electron chi connectivity index (χ2n) is 6.10. The third kappa shape index (κ3) is 3.30. The molecule has 1 aliphatic rings. The number of rotatable bonds is 4. The molecular weight excluding hydrogens is 302 g/mol. The minimum Gasteiger partial charge on any atom is -0.497 e. The summed E-state index contributed by atoms with van der Waals surface area (Å²) in [5.74, 6) is 0.540. The highest BCUT2D eigenvalue weighted by atomic mass is 16.5. The lowest BCUT2D eigenvalue weighted by Gasteiger charge is -2.22. The van der Waals surface area contributed by atoms with Crippen molar-refractivity contribution in [1.29, 1.82) is 0 Å². The maximum absolute atomic E-state index is 12.5. The largest absolute Gasteiger partial charge is 0.497 e. The third-order valence-electron chi connectivity index (χ3n) is 4.42. The zero-order valence-electron chi connectivity index (χ0n) is 14.1. The summed E-state index contributed by atoms with van der Waals surface area (Å²) in [7, 11) is 1.60. The van der Waals surface area contributed by atoms with Crippen LogP contribution in [0.5, 0.6) is 5.75 Å². The minimum absolute atomic E-state index is 0.180. The maximum Gasteiger partial charge on any atom is 0.255 e. The molecule has 1 saturated heterocycles. The van der Waals surface area contributed by atoms with Crippen LogP contribution in [0.3, 0.4) is 0 Å². The number of aryl methyl sites for hydroxylation is 1. The average molecular weight is 325 g/mol. The van der Waals surface area contributed by atoms with Crippen LogP contribution in [0.4, 0.5) is 17.1 Å². The molecule has 0 unspecified atom stereocenters. The van der Waals surface area contributed by atoms with Crippen molar-refractivity contribution in [2.45, 2.75) is 19.8 Å². The zero-order chi connectivity index (χ0) is 17.1. The van der Waals surface area contributed by atoms with E-state index in [9.17, 15) is 4.79 Å². The van der Waals surface area contributed by atoms with Gasteiger partial charge in [0.1, 0.15) is 5.75 Å². The Balaban J connectivity index is 1.82. The molecule has 24 heavy (non-hydrogen) atoms. The van der Waals surface area contributed by atoms with Crippen LogP contribution in [-0.2, 0) is 0 Å². The number of nitrogens with zero attached hydrogens (tertiary/aromatic N) is 1. The number of benzene rings is 2. The van der Waals surface area contributed by atoms with E-state index in [1.807, 2.05) is 12.1 Å². The molecule has 2 aromatic carbocycles. The molecule has 0 saturated carbocycles. The number of ether oxygens (including phenoxy) is 1. The van der Waals surface area contributed by atoms with Crippen LogP contribution in [0.15, 0.2) is 36.4 Å². The van der Waals surface area contributed by atoms with Gasteiger partial charge in [-0.25, -0.2) is 0 Å². The van der Waals surface area contributed by atoms with E-state index in [4.69, 9.17) is 10.5 Å². The van der Waals surface area contributed by atoms with Crippen LogP contribution in [0.1, 0.15) is 28.8 Å². The molecular formula is C19H23N3O2. The zero-order valence-corrected chi connectivity index (χ0v) is 14.1. The van der Waals surface area contributed by atoms with Gasteiger partial charge in [-0.3, -0.25) is 4.79 Å². The van der Waals surface area contributed by atoms with Crippen LogP contribution in [0.25, 0.3) is 0 Å². The summed E-state index contributed by atoms with van der Waals surface area (Å²) >= 11 is 0. The molecule has 1 fully saturated rings. The summed E-state index contributed by atoms with van der Waals surface area (Å²) in [4.78, 5) is 14.8. The number of nitrogens with two attached hydrogens (primary N) is 1. The molecule has 0 bridgehead atoms. The molecule has 1 amide bonds. The summed E-state index contributed by atoms with van der Waals surface area (Å²) in [5.41, 5.74) is 10.2. The Morgan fingerprint density at radius 2 is 1.83 bits per heavy atom. The second-order valence-corrected chi connectivity index (χ2v) is 6.10. The highest BCUT2D eigenvalue weighted by Crippen LogP contribution is 2.32. The topological polar surface area (TPSA) is 67.6 Å². The van der Waals surface area contributed by atoms with Crippen molar-refractivity contribution in [3.63, 3.8) is 0 Å². The van der Waals surface area contributed by atoms with E-state index in [1.54, 1.807) is 31.4 Å². The fraction of sp³-hybridized carbons (Fsp3) is 0.316. The highest BCUT2D eigenvalue weighted by Gasteiger charge is 2.17. The van der Waals surface area contributed by atoms with Gasteiger partial charge >= 0.3 is 0 Å². The van der Waals surface area contributed by atoms with Gasteiger partial charge in [0.2, 0.25) is 0 Å². The maximum atomic E-state index is 12.5. The Labute approximate surface area is 142 Å². The van der Waals surface area contributed by atoms with Crippen molar-refractivity contribution in [2.24, 2.45) is 0 Å². The quantitative estimate of drug-likeness (QED) is 0.845. The molecule has 3 N–H and O–H groups in total. The predicted molar refractivity (Wildman–Crippen MR) is 98.0 cm³/mol. The van der Waals surface area contributed by atoms with Gasteiger partial charge in [-0.05, 0) is 61.7 Å². The van der Waals surface area contributed by atoms with E-state index in [-0.39, 0.29) is 5.91 Å². The van der Waals surface area contributed by atoms with Gasteiger partial charge in [-0.1, -0.05) is 0 Å². The molecule has 0 atom stereocenters. The molecule has 0 aliphatic carbocycles. The minimum atomic E-state index is -0.180. The van der Waals surface area contributed by atoms with Gasteiger partial charge < -0.3 is 20.7 Å². The van der Waals surface area contributed by atoms with Crippen molar-refractivity contribution in [3.8, 4) is 5.75 Å². The van der Waals surface area contributed by atoms with Gasteiger partial charge in [-0.2, -0.15) is 0 Å². The Kier molecular flexibility index (Phi) is 4.60. The Morgan fingerprint density at radius 3 is 2.46 bits per heavy atom. The molecule has 126 valence electrons. The Morgan fingerprint density at radius 1 is 1.17 bits per heavy atom. The smallest absolute Gasteiger partial charge is 0.255 e. The molecule has 0 aromatic heterocycles. The molecule has 1 aliphatic heterocycles. The van der Waals surface area contributed by atoms with Crippen molar-refractivity contribution in [3.05, 3.63) is 47.5 Å². The van der Waals surface area contributed by atoms with Crippen LogP contribution in [0, 0.1) is 6.92 Å². The SMILES string of the molecule is COc1ccc(C(=O)Nc2cc(N3CCCC3)c(C)cc2N)cc1. The van der Waals surface area contributed by atoms with Crippen LogP contribution in [0.2, 0.25) is 0 Å². The van der Waals surface area contributed by atoms with E-state index in [0.29, 0.717) is 16.9 Å². The molecule has 0 radical (unpaired) electrons. The number of hydrogen-bond acceptors (Lipinski definition) is 4. The summed E-state index contributed by atoms with van der Waals surface area (Å²) in [6.07, 6.45) is 2.41. The number of carbonyl (C=O) groups is 1. The van der Waals surface area contributed by atoms with Gasteiger partial charge in [0.15, 0.2) is 0 Å². The first-order chi connectivity index (χ1) is 11.6. The fourth-order valence-electron chi connectivity index (χ4n) is 3.06. The number of carbonyl (C=O) groups excluding carboxylic acids is 1. The van der Waals surface area contributed by atoms with Crippen molar-refractivity contribution >= 4 is 23.0 Å². The average Bonchev–Trinajstić information content (AvgIpc) is 3.11. The van der Waals surface area contributed by atoms with E-state index >= 15 is 0 Å². The number of nitrogens with one attached hydrogen (secondary N) is 1. The highest BCUT2D eigenvalue weighted by molar-refractivity contribution is 6.06. The summed E-state index contributed by atoms with van der Waals surface area (Å²) in [5, 5.41) is 2.92. The summed E-state index contributed by atoms with van der Waals surface area (Å²) < 4.78 is 5.11. The molecule has 5 nitrogen and oxygen atoms in total. The number of nitrogen functional groups attached to an aromatic ring is 1. The molecule has 3 rings (SSSR count). The van der Waals surface area contributed by atoms with Crippen molar-refractivity contribution in [2.75, 3.05) is 36.1 Å². The first-order valence-electron chi connectivity index (χ1n) is 8.19. The van der Waals surface area contributed by atoms with E-state index in [0.717, 1.165) is 30.1 Å². The standard InChI is InChI=1S/C19H23N3O2/c1-13-11-16(20)17(12-18(13)22-9-3-4-10-22)21-19(23)14-5-7-15(24-2)8-6-14/h5-8,11-12H,3-4,9-10,20H2,1-2H3,(H,21,23). The molecule has 5 heteroatoms. The molecule has 0 spiro atoms. The van der Waals surface area contributed by atoms with Gasteiger partial charge in [0.25, 0.3) is 5.91 Å². The lowest BCUT2D eigenvalue weighted by Crippen LogP contribution is -2.20. The fourth-order valence-corrected chi connectivity index (χ4v) is 3.06. The third-order valence-corrected chi connectivity index (χ3v) is 4.42. The van der Waals surface area contributed by atoms with E-state index < -0.39 is 0 Å². The Hall–Kier alpha value is -2.69.